The predicted octanol–water partition coefficient (Wildman–Crippen LogP) is 5.05. The topological polar surface area (TPSA) is 26.0 Å². The number of anilines is 1. The van der Waals surface area contributed by atoms with Crippen LogP contribution in [0.3, 0.4) is 0 Å². The smallest absolute Gasteiger partial charge is 0.0477 e. The van der Waals surface area contributed by atoms with E-state index in [-0.39, 0.29) is 0 Å². The Balaban J connectivity index is 1.75. The molecule has 0 spiro atoms. The normalized spacial score (nSPS) is 34.9. The van der Waals surface area contributed by atoms with E-state index in [1.54, 1.807) is 5.56 Å². The fourth-order valence-corrected chi connectivity index (χ4v) is 5.79. The van der Waals surface area contributed by atoms with E-state index in [9.17, 15) is 0 Å². The van der Waals surface area contributed by atoms with Gasteiger partial charge in [-0.15, -0.1) is 5.92 Å². The van der Waals surface area contributed by atoms with Crippen LogP contribution in [0.1, 0.15) is 68.6 Å². The quantitative estimate of drug-likeness (QED) is 0.405. The maximum atomic E-state index is 6.21. The molecule has 1 heteroatoms. The van der Waals surface area contributed by atoms with Crippen LogP contribution in [0.2, 0.25) is 0 Å². The second-order valence-electron chi connectivity index (χ2n) is 8.03. The minimum atomic E-state index is 0.401. The zero-order valence-electron chi connectivity index (χ0n) is 14.4. The van der Waals surface area contributed by atoms with Crippen molar-refractivity contribution >= 4 is 5.69 Å². The van der Waals surface area contributed by atoms with Gasteiger partial charge < -0.3 is 5.73 Å². The van der Waals surface area contributed by atoms with Gasteiger partial charge in [-0.1, -0.05) is 25.0 Å². The molecule has 2 fully saturated rings. The van der Waals surface area contributed by atoms with Gasteiger partial charge in [0.25, 0.3) is 0 Å². The van der Waals surface area contributed by atoms with Gasteiger partial charge in [0.1, 0.15) is 0 Å². The van der Waals surface area contributed by atoms with Gasteiger partial charge in [-0.25, -0.2) is 0 Å². The summed E-state index contributed by atoms with van der Waals surface area (Å²) < 4.78 is 0. The van der Waals surface area contributed by atoms with Gasteiger partial charge in [0.2, 0.25) is 0 Å². The molecule has 0 aromatic heterocycles. The number of hydrogen-bond acceptors (Lipinski definition) is 1. The largest absolute Gasteiger partial charge is 0.398 e. The van der Waals surface area contributed by atoms with Crippen molar-refractivity contribution in [3.8, 4) is 11.8 Å². The number of rotatable bonds is 0. The van der Waals surface area contributed by atoms with Crippen LogP contribution in [-0.4, -0.2) is 0 Å². The molecule has 4 atom stereocenters. The van der Waals surface area contributed by atoms with Gasteiger partial charge in [-0.2, -0.15) is 0 Å². The number of nitrogens with two attached hydrogens (primary N) is 1. The van der Waals surface area contributed by atoms with Crippen LogP contribution in [0, 0.1) is 29.1 Å². The highest BCUT2D eigenvalue weighted by atomic mass is 14.6. The van der Waals surface area contributed by atoms with E-state index in [2.05, 4.69) is 37.5 Å². The number of hydrogen-bond donors (Lipinski definition) is 1. The number of fused-ring (bicyclic) bond motifs is 5. The van der Waals surface area contributed by atoms with E-state index in [0.29, 0.717) is 11.3 Å². The zero-order chi connectivity index (χ0) is 16.2. The van der Waals surface area contributed by atoms with Crippen molar-refractivity contribution in [1.82, 2.24) is 0 Å². The van der Waals surface area contributed by atoms with Crippen LogP contribution in [0.5, 0.6) is 0 Å². The number of aryl methyl sites for hydroxylation is 1. The van der Waals surface area contributed by atoms with Crippen molar-refractivity contribution in [2.45, 2.75) is 58.3 Å². The molecule has 2 saturated carbocycles. The van der Waals surface area contributed by atoms with Crippen molar-refractivity contribution in [3.05, 3.63) is 41.0 Å². The van der Waals surface area contributed by atoms with Crippen LogP contribution >= 0.6 is 0 Å². The van der Waals surface area contributed by atoms with Crippen molar-refractivity contribution in [1.29, 1.82) is 0 Å². The molecular formula is C22H27N. The second-order valence-corrected chi connectivity index (χ2v) is 8.03. The molecule has 120 valence electrons. The highest BCUT2D eigenvalue weighted by molar-refractivity contribution is 5.60. The molecule has 1 aromatic carbocycles. The van der Waals surface area contributed by atoms with E-state index in [0.717, 1.165) is 23.1 Å². The van der Waals surface area contributed by atoms with Gasteiger partial charge in [0, 0.05) is 11.3 Å². The molecule has 4 rings (SSSR count). The number of allylic oxidation sites excluding steroid dienone is 1. The first-order valence-electron chi connectivity index (χ1n) is 9.08. The average Bonchev–Trinajstić information content (AvgIpc) is 2.84. The average molecular weight is 305 g/mol. The first-order valence-corrected chi connectivity index (χ1v) is 9.08. The van der Waals surface area contributed by atoms with Crippen molar-refractivity contribution < 1.29 is 0 Å². The summed E-state index contributed by atoms with van der Waals surface area (Å²) in [6, 6.07) is 4.51. The first-order chi connectivity index (χ1) is 11.0. The molecule has 2 N–H and O–H groups in total. The summed E-state index contributed by atoms with van der Waals surface area (Å²) in [5.74, 6) is 8.57. The Hall–Kier alpha value is -1.68. The molecule has 0 amide bonds. The van der Waals surface area contributed by atoms with Gasteiger partial charge in [0.15, 0.2) is 0 Å². The summed E-state index contributed by atoms with van der Waals surface area (Å²) >= 11 is 0. The van der Waals surface area contributed by atoms with E-state index < -0.39 is 0 Å². The fourth-order valence-electron chi connectivity index (χ4n) is 5.79. The second kappa shape index (κ2) is 5.17. The van der Waals surface area contributed by atoms with E-state index in [1.807, 2.05) is 6.92 Å². The Morgan fingerprint density at radius 2 is 2.04 bits per heavy atom. The van der Waals surface area contributed by atoms with Gasteiger partial charge in [0.05, 0.1) is 0 Å². The van der Waals surface area contributed by atoms with Crippen LogP contribution in [0.25, 0.3) is 0 Å². The lowest BCUT2D eigenvalue weighted by atomic mass is 9.55. The lowest BCUT2D eigenvalue weighted by Gasteiger charge is -2.49. The molecule has 3 aliphatic rings. The summed E-state index contributed by atoms with van der Waals surface area (Å²) in [4.78, 5) is 0. The predicted molar refractivity (Wildman–Crippen MR) is 97.2 cm³/mol. The minimum Gasteiger partial charge on any atom is -0.398 e. The van der Waals surface area contributed by atoms with E-state index in [4.69, 9.17) is 5.73 Å². The van der Waals surface area contributed by atoms with E-state index >= 15 is 0 Å². The Morgan fingerprint density at radius 1 is 1.22 bits per heavy atom. The first kappa shape index (κ1) is 14.9. The van der Waals surface area contributed by atoms with Crippen molar-refractivity contribution in [2.75, 3.05) is 5.73 Å². The monoisotopic (exact) mass is 305 g/mol. The molecule has 0 heterocycles. The maximum absolute atomic E-state index is 6.21. The Kier molecular flexibility index (Phi) is 3.34. The third-order valence-electron chi connectivity index (χ3n) is 7.11. The third-order valence-corrected chi connectivity index (χ3v) is 7.11. The summed E-state index contributed by atoms with van der Waals surface area (Å²) in [7, 11) is 0. The highest BCUT2D eigenvalue weighted by Crippen LogP contribution is 2.62. The lowest BCUT2D eigenvalue weighted by Crippen LogP contribution is -2.40. The molecule has 3 unspecified atom stereocenters. The zero-order valence-corrected chi connectivity index (χ0v) is 14.4. The van der Waals surface area contributed by atoms with Gasteiger partial charge in [-0.05, 0) is 91.9 Å². The summed E-state index contributed by atoms with van der Waals surface area (Å²) in [5, 5.41) is 0. The Labute approximate surface area is 140 Å². The third kappa shape index (κ3) is 2.08. The standard InChI is InChI=1S/C22H27N/c1-4-5-16-12-19-15(13-21(16)23)7-8-18-17(19)10-11-22(3)14(2)6-9-20(18)22/h12-13,17-18,20H,2,6-11,23H2,1,3H3/t17?,18?,20?,22-/m1/s1. The molecule has 3 aliphatic carbocycles. The summed E-state index contributed by atoms with van der Waals surface area (Å²) in [5.41, 5.74) is 13.0. The Morgan fingerprint density at radius 3 is 2.83 bits per heavy atom. The Bertz CT molecular complexity index is 732. The lowest BCUT2D eigenvalue weighted by molar-refractivity contribution is 0.0817. The molecule has 0 radical (unpaired) electrons. The van der Waals surface area contributed by atoms with E-state index in [1.165, 1.54) is 49.7 Å². The molecule has 1 aromatic rings. The fraction of sp³-hybridized carbons (Fsp3) is 0.545. The van der Waals surface area contributed by atoms with Crippen molar-refractivity contribution in [2.24, 2.45) is 17.3 Å². The molecular weight excluding hydrogens is 278 g/mol. The SMILES string of the molecule is C=C1CCC2C3CCc4cc(N)c(C#CC)cc4C3CC[C@]12C. The highest BCUT2D eigenvalue weighted by Gasteiger charge is 2.51. The number of benzene rings is 1. The van der Waals surface area contributed by atoms with Crippen LogP contribution in [-0.2, 0) is 6.42 Å². The summed E-state index contributed by atoms with van der Waals surface area (Å²) in [6.45, 7) is 8.78. The molecule has 1 nitrogen and oxygen atoms in total. The number of nitrogen functional groups attached to an aromatic ring is 1. The molecule has 0 bridgehead atoms. The van der Waals surface area contributed by atoms with Gasteiger partial charge in [-0.3, -0.25) is 0 Å². The summed E-state index contributed by atoms with van der Waals surface area (Å²) in [6.07, 6.45) is 7.69. The molecule has 0 saturated heterocycles. The molecule has 0 aliphatic heterocycles. The molecule has 23 heavy (non-hydrogen) atoms. The van der Waals surface area contributed by atoms with Crippen LogP contribution in [0.4, 0.5) is 5.69 Å². The van der Waals surface area contributed by atoms with Crippen LogP contribution in [0.15, 0.2) is 24.3 Å². The maximum Gasteiger partial charge on any atom is 0.0477 e. The minimum absolute atomic E-state index is 0.401. The van der Waals surface area contributed by atoms with Crippen molar-refractivity contribution in [3.63, 3.8) is 0 Å². The van der Waals surface area contributed by atoms with Gasteiger partial charge >= 0.3 is 0 Å². The van der Waals surface area contributed by atoms with Crippen LogP contribution < -0.4 is 5.73 Å².